The van der Waals surface area contributed by atoms with Crippen LogP contribution in [0.3, 0.4) is 0 Å². The third kappa shape index (κ3) is 3.83. The van der Waals surface area contributed by atoms with Crippen LogP contribution in [0.1, 0.15) is 40.4 Å². The van der Waals surface area contributed by atoms with Gasteiger partial charge in [0.15, 0.2) is 0 Å². The highest BCUT2D eigenvalue weighted by Crippen LogP contribution is 2.40. The summed E-state index contributed by atoms with van der Waals surface area (Å²) in [5.74, 6) is -1.28. The van der Waals surface area contributed by atoms with Gasteiger partial charge in [0.05, 0.1) is 6.04 Å². The van der Waals surface area contributed by atoms with Gasteiger partial charge < -0.3 is 10.0 Å². The molecule has 0 radical (unpaired) electrons. The number of nitrogens with zero attached hydrogens (tertiary/aromatic N) is 1. The Labute approximate surface area is 180 Å². The maximum absolute atomic E-state index is 13.4. The topological polar surface area (TPSA) is 57.6 Å². The molecule has 1 amide bonds. The zero-order chi connectivity index (χ0) is 21.3. The molecule has 3 aromatic rings. The number of halogens is 1. The Morgan fingerprint density at radius 2 is 1.50 bits per heavy atom. The number of aliphatic carboxylic acids is 1. The summed E-state index contributed by atoms with van der Waals surface area (Å²) in [5.41, 5.74) is 4.51. The van der Waals surface area contributed by atoms with E-state index in [2.05, 4.69) is 0 Å². The zero-order valence-electron chi connectivity index (χ0n) is 16.6. The minimum atomic E-state index is -0.992. The first kappa shape index (κ1) is 20.2. The van der Waals surface area contributed by atoms with E-state index in [-0.39, 0.29) is 11.9 Å². The van der Waals surface area contributed by atoms with Crippen LogP contribution in [0.5, 0.6) is 0 Å². The molecule has 2 atom stereocenters. The van der Waals surface area contributed by atoms with Crippen LogP contribution >= 0.6 is 11.6 Å². The number of benzene rings is 3. The molecule has 0 unspecified atom stereocenters. The van der Waals surface area contributed by atoms with Crippen molar-refractivity contribution in [2.75, 3.05) is 0 Å². The second kappa shape index (κ2) is 8.33. The predicted molar refractivity (Wildman–Crippen MR) is 118 cm³/mol. The maximum Gasteiger partial charge on any atom is 0.326 e. The lowest BCUT2D eigenvalue weighted by Gasteiger charge is -2.29. The molecule has 0 bridgehead atoms. The molecule has 30 heavy (non-hydrogen) atoms. The van der Waals surface area contributed by atoms with Crippen LogP contribution in [0.4, 0.5) is 0 Å². The fourth-order valence-electron chi connectivity index (χ4n) is 4.09. The van der Waals surface area contributed by atoms with Crippen LogP contribution in [0.2, 0.25) is 5.02 Å². The highest BCUT2D eigenvalue weighted by molar-refractivity contribution is 6.31. The lowest BCUT2D eigenvalue weighted by Crippen LogP contribution is -2.41. The zero-order valence-corrected chi connectivity index (χ0v) is 17.3. The number of carboxylic acid groups (broad SMARTS) is 1. The monoisotopic (exact) mass is 419 g/mol. The molecule has 3 aromatic carbocycles. The Morgan fingerprint density at radius 3 is 2.10 bits per heavy atom. The van der Waals surface area contributed by atoms with Crippen LogP contribution in [0.25, 0.3) is 11.1 Å². The Morgan fingerprint density at radius 1 is 0.900 bits per heavy atom. The third-order valence-corrected chi connectivity index (χ3v) is 6.03. The summed E-state index contributed by atoms with van der Waals surface area (Å²) in [7, 11) is 0. The Kier molecular flexibility index (Phi) is 5.60. The van der Waals surface area contributed by atoms with Gasteiger partial charge in [-0.05, 0) is 54.7 Å². The fraction of sp³-hybridized carbons (Fsp3) is 0.200. The van der Waals surface area contributed by atoms with Crippen molar-refractivity contribution >= 4 is 23.5 Å². The van der Waals surface area contributed by atoms with E-state index in [1.54, 1.807) is 18.2 Å². The molecule has 4 rings (SSSR count). The van der Waals surface area contributed by atoms with E-state index in [4.69, 9.17) is 11.6 Å². The molecule has 4 nitrogen and oxygen atoms in total. The molecule has 1 N–H and O–H groups in total. The number of likely N-dealkylation sites (tertiary alicyclic amines) is 1. The number of aryl methyl sites for hydroxylation is 1. The van der Waals surface area contributed by atoms with Crippen LogP contribution in [-0.2, 0) is 4.79 Å². The smallest absolute Gasteiger partial charge is 0.326 e. The molecular formula is C25H22ClNO3. The first-order valence-corrected chi connectivity index (χ1v) is 10.3. The molecule has 1 aliphatic heterocycles. The van der Waals surface area contributed by atoms with E-state index in [1.165, 1.54) is 10.5 Å². The van der Waals surface area contributed by atoms with Crippen LogP contribution < -0.4 is 0 Å². The number of rotatable bonds is 4. The van der Waals surface area contributed by atoms with Gasteiger partial charge in [-0.25, -0.2) is 4.79 Å². The number of carbonyl (C=O) groups is 2. The normalized spacial score (nSPS) is 18.4. The number of hydrogen-bond donors (Lipinski definition) is 1. The second-order valence-corrected chi connectivity index (χ2v) is 8.03. The average molecular weight is 420 g/mol. The first-order chi connectivity index (χ1) is 14.5. The molecule has 1 aliphatic rings. The Bertz CT molecular complexity index is 1080. The summed E-state index contributed by atoms with van der Waals surface area (Å²) in [5, 5.41) is 10.2. The number of amides is 1. The van der Waals surface area contributed by atoms with Gasteiger partial charge in [0, 0.05) is 10.6 Å². The lowest BCUT2D eigenvalue weighted by atomic mass is 10.0. The summed E-state index contributed by atoms with van der Waals surface area (Å²) in [6.45, 7) is 2.04. The van der Waals surface area contributed by atoms with Crippen molar-refractivity contribution in [3.05, 3.63) is 94.5 Å². The minimum absolute atomic E-state index is 0.291. The average Bonchev–Trinajstić information content (AvgIpc) is 3.19. The van der Waals surface area contributed by atoms with E-state index in [0.29, 0.717) is 23.4 Å². The largest absolute Gasteiger partial charge is 0.480 e. The summed E-state index contributed by atoms with van der Waals surface area (Å²) < 4.78 is 0. The molecular weight excluding hydrogens is 398 g/mol. The van der Waals surface area contributed by atoms with Gasteiger partial charge >= 0.3 is 5.97 Å². The maximum atomic E-state index is 13.4. The van der Waals surface area contributed by atoms with Crippen molar-refractivity contribution in [1.29, 1.82) is 0 Å². The molecule has 0 spiro atoms. The van der Waals surface area contributed by atoms with Crippen molar-refractivity contribution in [3.8, 4) is 11.1 Å². The van der Waals surface area contributed by atoms with Crippen molar-refractivity contribution in [2.45, 2.75) is 31.8 Å². The van der Waals surface area contributed by atoms with E-state index in [0.717, 1.165) is 16.7 Å². The molecule has 1 fully saturated rings. The van der Waals surface area contributed by atoms with Crippen molar-refractivity contribution < 1.29 is 14.7 Å². The number of hydrogen-bond acceptors (Lipinski definition) is 2. The predicted octanol–water partition coefficient (Wildman–Crippen LogP) is 5.75. The van der Waals surface area contributed by atoms with Crippen LogP contribution in [-0.4, -0.2) is 27.9 Å². The quantitative estimate of drug-likeness (QED) is 0.586. The molecule has 1 heterocycles. The van der Waals surface area contributed by atoms with E-state index in [9.17, 15) is 14.7 Å². The second-order valence-electron chi connectivity index (χ2n) is 7.62. The van der Waals surface area contributed by atoms with Crippen LogP contribution in [0.15, 0.2) is 72.8 Å². The highest BCUT2D eigenvalue weighted by atomic mass is 35.5. The van der Waals surface area contributed by atoms with Crippen molar-refractivity contribution in [3.63, 3.8) is 0 Å². The van der Waals surface area contributed by atoms with Gasteiger partial charge in [0.25, 0.3) is 5.91 Å². The summed E-state index contributed by atoms with van der Waals surface area (Å²) >= 11 is 6.36. The Balaban J connectivity index is 1.65. The third-order valence-electron chi connectivity index (χ3n) is 5.69. The Hall–Kier alpha value is -3.11. The van der Waals surface area contributed by atoms with Gasteiger partial charge in [-0.2, -0.15) is 0 Å². The highest BCUT2D eigenvalue weighted by Gasteiger charge is 2.42. The number of carbonyl (C=O) groups excluding carboxylic acids is 1. The van der Waals surface area contributed by atoms with E-state index in [1.807, 2.05) is 61.5 Å². The van der Waals surface area contributed by atoms with E-state index < -0.39 is 12.0 Å². The number of carboxylic acids is 1. The van der Waals surface area contributed by atoms with Crippen molar-refractivity contribution in [1.82, 2.24) is 4.90 Å². The summed E-state index contributed by atoms with van der Waals surface area (Å²) in [6.07, 6.45) is 0.965. The molecule has 5 heteroatoms. The van der Waals surface area contributed by atoms with Gasteiger partial charge in [0.2, 0.25) is 0 Å². The van der Waals surface area contributed by atoms with E-state index >= 15 is 0 Å². The van der Waals surface area contributed by atoms with Gasteiger partial charge in [0.1, 0.15) is 6.04 Å². The fourth-order valence-corrected chi connectivity index (χ4v) is 4.35. The van der Waals surface area contributed by atoms with Gasteiger partial charge in [-0.1, -0.05) is 71.8 Å². The summed E-state index contributed by atoms with van der Waals surface area (Å²) in [4.78, 5) is 26.7. The van der Waals surface area contributed by atoms with Crippen molar-refractivity contribution in [2.24, 2.45) is 0 Å². The molecule has 0 aliphatic carbocycles. The minimum Gasteiger partial charge on any atom is -0.480 e. The lowest BCUT2D eigenvalue weighted by molar-refractivity contribution is -0.141. The molecule has 1 saturated heterocycles. The first-order valence-electron chi connectivity index (χ1n) is 9.92. The standard InChI is InChI=1S/C25H22ClNO3/c1-16-6-8-17(9-7-16)18-10-12-19(13-11-18)24(28)27-22(14-15-23(27)25(29)30)20-4-2-3-5-21(20)26/h2-13,22-23H,14-15H2,1H3,(H,29,30)/t22-,23+/m1/s1. The molecule has 152 valence electrons. The van der Waals surface area contributed by atoms with Gasteiger partial charge in [-0.15, -0.1) is 0 Å². The molecule has 0 saturated carbocycles. The van der Waals surface area contributed by atoms with Gasteiger partial charge in [-0.3, -0.25) is 4.79 Å². The van der Waals surface area contributed by atoms with Crippen LogP contribution in [0, 0.1) is 6.92 Å². The summed E-state index contributed by atoms with van der Waals surface area (Å²) in [6, 6.07) is 21.6. The SMILES string of the molecule is Cc1ccc(-c2ccc(C(=O)N3[C@@H](c4ccccc4Cl)CC[C@H]3C(=O)O)cc2)cc1. The molecule has 0 aromatic heterocycles.